The fourth-order valence-corrected chi connectivity index (χ4v) is 1.86. The van der Waals surface area contributed by atoms with Crippen molar-refractivity contribution < 1.29 is 4.74 Å². The van der Waals surface area contributed by atoms with Crippen molar-refractivity contribution >= 4 is 17.4 Å². The van der Waals surface area contributed by atoms with E-state index in [2.05, 4.69) is 29.1 Å². The predicted molar refractivity (Wildman–Crippen MR) is 66.4 cm³/mol. The summed E-state index contributed by atoms with van der Waals surface area (Å²) in [5.41, 5.74) is 0.818. The van der Waals surface area contributed by atoms with E-state index in [1.165, 1.54) is 6.33 Å². The Labute approximate surface area is 101 Å². The van der Waals surface area contributed by atoms with Crippen LogP contribution in [0.3, 0.4) is 0 Å². The monoisotopic (exact) mass is 243 g/mol. The smallest absolute Gasteiger partial charge is 0.221 e. The van der Waals surface area contributed by atoms with Gasteiger partial charge in [0.15, 0.2) is 0 Å². The molecule has 0 aliphatic heterocycles. The number of hydrogen-bond acceptors (Lipinski definition) is 4. The summed E-state index contributed by atoms with van der Waals surface area (Å²) < 4.78 is 5.14. The molecule has 5 heteroatoms. The predicted octanol–water partition coefficient (Wildman–Crippen LogP) is 2.61. The number of hydrogen-bond donors (Lipinski definition) is 1. The molecule has 1 heterocycles. The lowest BCUT2D eigenvalue weighted by Gasteiger charge is -2.26. The molecule has 16 heavy (non-hydrogen) atoms. The second kappa shape index (κ2) is 5.34. The van der Waals surface area contributed by atoms with Crippen LogP contribution >= 0.6 is 11.6 Å². The van der Waals surface area contributed by atoms with Gasteiger partial charge in [-0.1, -0.05) is 0 Å². The molecule has 90 valence electrons. The summed E-state index contributed by atoms with van der Waals surface area (Å²) in [4.78, 5) is 8.24. The van der Waals surface area contributed by atoms with Crippen molar-refractivity contribution in [2.24, 2.45) is 0 Å². The zero-order valence-electron chi connectivity index (χ0n) is 10.2. The van der Waals surface area contributed by atoms with Crippen molar-refractivity contribution in [1.29, 1.82) is 0 Å². The van der Waals surface area contributed by atoms with Crippen LogP contribution in [0, 0.1) is 6.92 Å². The van der Waals surface area contributed by atoms with E-state index in [1.54, 1.807) is 7.11 Å². The molecule has 0 saturated heterocycles. The minimum atomic E-state index is -0.0914. The summed E-state index contributed by atoms with van der Waals surface area (Å²) in [5.74, 6) is 2.00. The van der Waals surface area contributed by atoms with Crippen molar-refractivity contribution in [2.45, 2.75) is 32.7 Å². The van der Waals surface area contributed by atoms with Gasteiger partial charge >= 0.3 is 0 Å². The highest BCUT2D eigenvalue weighted by Crippen LogP contribution is 2.24. The average molecular weight is 244 g/mol. The zero-order chi connectivity index (χ0) is 12.2. The normalized spacial score (nSPS) is 11.3. The standard InChI is InChI=1S/C11H18ClN3O/c1-8-9(13-7-14-10(8)16-4)15-11(2,3)5-6-12/h7H,5-6H2,1-4H3,(H,13,14,15). The Balaban J connectivity index is 2.89. The van der Waals surface area contributed by atoms with Crippen LogP contribution in [-0.2, 0) is 0 Å². The molecular weight excluding hydrogens is 226 g/mol. The SMILES string of the molecule is COc1ncnc(NC(C)(C)CCCl)c1C. The van der Waals surface area contributed by atoms with Gasteiger partial charge in [-0.05, 0) is 27.2 Å². The van der Waals surface area contributed by atoms with E-state index in [0.29, 0.717) is 11.8 Å². The first-order valence-corrected chi connectivity index (χ1v) is 5.73. The van der Waals surface area contributed by atoms with E-state index < -0.39 is 0 Å². The summed E-state index contributed by atoms with van der Waals surface area (Å²) in [7, 11) is 1.60. The minimum Gasteiger partial charge on any atom is -0.481 e. The second-order valence-electron chi connectivity index (χ2n) is 4.30. The lowest BCUT2D eigenvalue weighted by molar-refractivity contribution is 0.393. The Morgan fingerprint density at radius 2 is 2.12 bits per heavy atom. The second-order valence-corrected chi connectivity index (χ2v) is 4.68. The van der Waals surface area contributed by atoms with Crippen LogP contribution in [-0.4, -0.2) is 28.5 Å². The van der Waals surface area contributed by atoms with Crippen LogP contribution in [0.15, 0.2) is 6.33 Å². The Morgan fingerprint density at radius 1 is 1.44 bits per heavy atom. The molecule has 0 bridgehead atoms. The van der Waals surface area contributed by atoms with Crippen molar-refractivity contribution in [3.05, 3.63) is 11.9 Å². The maximum Gasteiger partial charge on any atom is 0.221 e. The van der Waals surface area contributed by atoms with Crippen LogP contribution in [0.1, 0.15) is 25.8 Å². The number of alkyl halides is 1. The first-order chi connectivity index (χ1) is 7.50. The van der Waals surface area contributed by atoms with E-state index in [0.717, 1.165) is 17.8 Å². The fourth-order valence-electron chi connectivity index (χ4n) is 1.39. The molecular formula is C11H18ClN3O. The Kier molecular flexibility index (Phi) is 4.35. The number of nitrogens with one attached hydrogen (secondary N) is 1. The lowest BCUT2D eigenvalue weighted by Crippen LogP contribution is -2.32. The Hall–Kier alpha value is -1.03. The molecule has 1 aromatic heterocycles. The topological polar surface area (TPSA) is 47.0 Å². The number of rotatable bonds is 5. The summed E-state index contributed by atoms with van der Waals surface area (Å²) in [5, 5.41) is 3.35. The van der Waals surface area contributed by atoms with Gasteiger partial charge in [0.25, 0.3) is 0 Å². The molecule has 0 radical (unpaired) electrons. The summed E-state index contributed by atoms with van der Waals surface area (Å²) in [6.07, 6.45) is 2.35. The largest absolute Gasteiger partial charge is 0.481 e. The van der Waals surface area contributed by atoms with Crippen LogP contribution in [0.5, 0.6) is 5.88 Å². The van der Waals surface area contributed by atoms with E-state index in [9.17, 15) is 0 Å². The molecule has 0 spiro atoms. The molecule has 1 aromatic rings. The van der Waals surface area contributed by atoms with Crippen molar-refractivity contribution in [3.8, 4) is 5.88 Å². The Bertz CT molecular complexity index is 355. The highest BCUT2D eigenvalue weighted by molar-refractivity contribution is 6.17. The summed E-state index contributed by atoms with van der Waals surface area (Å²) in [6.45, 7) is 6.10. The summed E-state index contributed by atoms with van der Waals surface area (Å²) >= 11 is 5.75. The molecule has 0 unspecified atom stereocenters. The van der Waals surface area contributed by atoms with Gasteiger partial charge in [-0.2, -0.15) is 0 Å². The molecule has 0 saturated carbocycles. The van der Waals surface area contributed by atoms with E-state index in [1.807, 2.05) is 6.92 Å². The van der Waals surface area contributed by atoms with Crippen molar-refractivity contribution in [3.63, 3.8) is 0 Å². The molecule has 0 fully saturated rings. The molecule has 1 rings (SSSR count). The third-order valence-electron chi connectivity index (χ3n) is 2.41. The number of anilines is 1. The van der Waals surface area contributed by atoms with Gasteiger partial charge in [0.05, 0.1) is 12.7 Å². The molecule has 0 atom stereocenters. The van der Waals surface area contributed by atoms with Gasteiger partial charge < -0.3 is 10.1 Å². The van der Waals surface area contributed by atoms with Crippen molar-refractivity contribution in [1.82, 2.24) is 9.97 Å². The number of ether oxygens (including phenoxy) is 1. The molecule has 0 amide bonds. The van der Waals surface area contributed by atoms with Gasteiger partial charge in [0.2, 0.25) is 5.88 Å². The van der Waals surface area contributed by atoms with Crippen molar-refractivity contribution in [2.75, 3.05) is 18.3 Å². The van der Waals surface area contributed by atoms with Gasteiger partial charge in [-0.15, -0.1) is 11.6 Å². The highest BCUT2D eigenvalue weighted by Gasteiger charge is 2.19. The van der Waals surface area contributed by atoms with E-state index >= 15 is 0 Å². The first kappa shape index (κ1) is 13.0. The summed E-state index contributed by atoms with van der Waals surface area (Å²) in [6, 6.07) is 0. The first-order valence-electron chi connectivity index (χ1n) is 5.20. The molecule has 4 nitrogen and oxygen atoms in total. The quantitative estimate of drug-likeness (QED) is 0.808. The fraction of sp³-hybridized carbons (Fsp3) is 0.636. The number of aromatic nitrogens is 2. The number of halogens is 1. The van der Waals surface area contributed by atoms with Gasteiger partial charge in [-0.25, -0.2) is 9.97 Å². The number of nitrogens with zero attached hydrogens (tertiary/aromatic N) is 2. The Morgan fingerprint density at radius 3 is 2.69 bits per heavy atom. The minimum absolute atomic E-state index is 0.0914. The van der Waals surface area contributed by atoms with E-state index in [-0.39, 0.29) is 5.54 Å². The van der Waals surface area contributed by atoms with Crippen LogP contribution in [0.25, 0.3) is 0 Å². The third kappa shape index (κ3) is 3.23. The maximum absolute atomic E-state index is 5.75. The van der Waals surface area contributed by atoms with Gasteiger partial charge in [-0.3, -0.25) is 0 Å². The van der Waals surface area contributed by atoms with Crippen LogP contribution < -0.4 is 10.1 Å². The van der Waals surface area contributed by atoms with Gasteiger partial charge in [0.1, 0.15) is 12.1 Å². The van der Waals surface area contributed by atoms with Crippen LogP contribution in [0.4, 0.5) is 5.82 Å². The molecule has 0 aromatic carbocycles. The zero-order valence-corrected chi connectivity index (χ0v) is 10.9. The average Bonchev–Trinajstić information content (AvgIpc) is 2.21. The third-order valence-corrected chi connectivity index (χ3v) is 2.60. The van der Waals surface area contributed by atoms with E-state index in [4.69, 9.17) is 16.3 Å². The molecule has 0 aliphatic rings. The van der Waals surface area contributed by atoms with Crippen LogP contribution in [0.2, 0.25) is 0 Å². The lowest BCUT2D eigenvalue weighted by atomic mass is 10.0. The number of methoxy groups -OCH3 is 1. The molecule has 1 N–H and O–H groups in total. The molecule has 0 aliphatic carbocycles. The maximum atomic E-state index is 5.75. The van der Waals surface area contributed by atoms with Gasteiger partial charge in [0, 0.05) is 11.4 Å². The highest BCUT2D eigenvalue weighted by atomic mass is 35.5.